The van der Waals surface area contributed by atoms with E-state index < -0.39 is 28.2 Å². The van der Waals surface area contributed by atoms with Crippen LogP contribution in [0.25, 0.3) is 0 Å². The zero-order valence-corrected chi connectivity index (χ0v) is 14.1. The number of halogens is 4. The van der Waals surface area contributed by atoms with Gasteiger partial charge in [-0.1, -0.05) is 0 Å². The van der Waals surface area contributed by atoms with Gasteiger partial charge >= 0.3 is 53.2 Å². The van der Waals surface area contributed by atoms with Crippen molar-refractivity contribution in [1.82, 2.24) is 0 Å². The predicted molar refractivity (Wildman–Crippen MR) is 88.0 cm³/mol. The van der Waals surface area contributed by atoms with Gasteiger partial charge < -0.3 is 23.7 Å². The van der Waals surface area contributed by atoms with E-state index in [1.54, 1.807) is 0 Å². The van der Waals surface area contributed by atoms with Crippen LogP contribution in [0.1, 0.15) is 0 Å². The van der Waals surface area contributed by atoms with E-state index in [2.05, 4.69) is 9.47 Å². The summed E-state index contributed by atoms with van der Waals surface area (Å²) in [6.07, 6.45) is -2.16. The van der Waals surface area contributed by atoms with Crippen molar-refractivity contribution >= 4 is 53.2 Å². The fourth-order valence-electron chi connectivity index (χ4n) is 1.12. The van der Waals surface area contributed by atoms with Crippen LogP contribution in [0.4, 0.5) is 16.8 Å². The second-order valence-electron chi connectivity index (χ2n) is 4.05. The second kappa shape index (κ2) is 18.5. The molecule has 0 aromatic carbocycles. The van der Waals surface area contributed by atoms with Crippen molar-refractivity contribution in [2.45, 2.75) is 0 Å². The van der Waals surface area contributed by atoms with Crippen LogP contribution in [0.2, 0.25) is 0 Å². The Hall–Kier alpha value is 1.17. The van der Waals surface area contributed by atoms with Gasteiger partial charge in [0.25, 0.3) is 0 Å². The minimum atomic E-state index is -5.13. The average molecular weight is 406 g/mol. The van der Waals surface area contributed by atoms with Gasteiger partial charge in [-0.25, -0.2) is 9.13 Å². The molecule has 0 aromatic heterocycles. The van der Waals surface area contributed by atoms with Gasteiger partial charge in [-0.05, 0) is 0 Å². The topological polar surface area (TPSA) is 80.3 Å². The normalized spacial score (nSPS) is 11.7. The Labute approximate surface area is 168 Å². The third-order valence-electron chi connectivity index (χ3n) is 1.97. The van der Waals surface area contributed by atoms with E-state index in [1.807, 2.05) is 0 Å². The standard InChI is InChI=1S/C10H20F4O7P2.2Li.2H/c11-22(12,15)9-20-7-5-18-3-1-17-2-4-19-6-8-21-10-23(13,14)16;;;;/h1-10H2;;;;. The van der Waals surface area contributed by atoms with Gasteiger partial charge in [-0.15, -0.1) is 0 Å². The van der Waals surface area contributed by atoms with E-state index in [0.717, 1.165) is 0 Å². The van der Waals surface area contributed by atoms with Crippen molar-refractivity contribution in [3.8, 4) is 0 Å². The van der Waals surface area contributed by atoms with Crippen molar-refractivity contribution < 1.29 is 49.6 Å². The average Bonchev–Trinajstić information content (AvgIpc) is 2.40. The van der Waals surface area contributed by atoms with Crippen molar-refractivity contribution in [1.29, 1.82) is 0 Å². The summed E-state index contributed by atoms with van der Waals surface area (Å²) in [6, 6.07) is 0. The molecule has 0 saturated carbocycles. The molecule has 25 heavy (non-hydrogen) atoms. The van der Waals surface area contributed by atoms with E-state index >= 15 is 0 Å². The van der Waals surface area contributed by atoms with Crippen LogP contribution in [0.5, 0.6) is 0 Å². The molecule has 0 heterocycles. The summed E-state index contributed by atoms with van der Waals surface area (Å²) in [7, 11) is -10.3. The number of ether oxygens (including phenoxy) is 5. The van der Waals surface area contributed by atoms with Gasteiger partial charge in [0.05, 0.1) is 52.9 Å². The summed E-state index contributed by atoms with van der Waals surface area (Å²) in [4.78, 5) is 0. The fraction of sp³-hybridized carbons (Fsp3) is 1.00. The molecule has 0 saturated heterocycles. The molecule has 0 aliphatic carbocycles. The summed E-state index contributed by atoms with van der Waals surface area (Å²) in [5.41, 5.74) is 0. The molecule has 0 fully saturated rings. The molecule has 0 aromatic rings. The molecule has 15 heteroatoms. The predicted octanol–water partition coefficient (Wildman–Crippen LogP) is 1.95. The number of rotatable bonds is 16. The molecule has 0 radical (unpaired) electrons. The molecule has 0 amide bonds. The van der Waals surface area contributed by atoms with Crippen molar-refractivity contribution in [2.75, 3.05) is 65.6 Å². The van der Waals surface area contributed by atoms with Crippen molar-refractivity contribution in [3.63, 3.8) is 0 Å². The molecule has 0 rings (SSSR count). The zero-order chi connectivity index (χ0) is 17.6. The first-order chi connectivity index (χ1) is 10.7. The second-order valence-corrected chi connectivity index (χ2v) is 6.85. The molecular formula is C10H22F4Li2O7P2. The quantitative estimate of drug-likeness (QED) is 0.168. The SMILES string of the molecule is O=P(F)(F)COCCOCCOCCOCCOCP(=O)(F)F.[LiH].[LiH]. The van der Waals surface area contributed by atoms with Crippen LogP contribution in [0.15, 0.2) is 0 Å². The summed E-state index contributed by atoms with van der Waals surface area (Å²) >= 11 is 0. The van der Waals surface area contributed by atoms with Crippen LogP contribution in [0.3, 0.4) is 0 Å². The third kappa shape index (κ3) is 30.2. The summed E-state index contributed by atoms with van der Waals surface area (Å²) in [5.74, 6) is 0. The van der Waals surface area contributed by atoms with Gasteiger partial charge in [0.2, 0.25) is 0 Å². The molecule has 0 N–H and O–H groups in total. The minimum absolute atomic E-state index is 0. The summed E-state index contributed by atoms with van der Waals surface area (Å²) in [5, 5.41) is 0. The van der Waals surface area contributed by atoms with E-state index in [4.69, 9.17) is 14.2 Å². The Morgan fingerprint density at radius 1 is 0.480 bits per heavy atom. The Kier molecular flexibility index (Phi) is 22.9. The van der Waals surface area contributed by atoms with Crippen LogP contribution in [0, 0.1) is 0 Å². The fourth-order valence-corrected chi connectivity index (χ4v) is 1.80. The van der Waals surface area contributed by atoms with Crippen LogP contribution in [-0.4, -0.2) is 103 Å². The van der Waals surface area contributed by atoms with E-state index in [9.17, 15) is 25.9 Å². The van der Waals surface area contributed by atoms with Gasteiger partial charge in [-0.3, -0.25) is 0 Å². The third-order valence-corrected chi connectivity index (χ3v) is 2.94. The number of hydrogen-bond acceptors (Lipinski definition) is 7. The first-order valence-electron chi connectivity index (χ1n) is 6.56. The Bertz CT molecular complexity index is 352. The molecule has 0 spiro atoms. The molecule has 0 atom stereocenters. The van der Waals surface area contributed by atoms with Crippen molar-refractivity contribution in [3.05, 3.63) is 0 Å². The molecule has 0 aliphatic rings. The van der Waals surface area contributed by atoms with Gasteiger partial charge in [0, 0.05) is 0 Å². The Morgan fingerprint density at radius 3 is 0.880 bits per heavy atom. The molecule has 144 valence electrons. The Morgan fingerprint density at radius 2 is 0.680 bits per heavy atom. The molecule has 0 aliphatic heterocycles. The summed E-state index contributed by atoms with van der Waals surface area (Å²) in [6.45, 7) is 0.899. The van der Waals surface area contributed by atoms with E-state index in [0.29, 0.717) is 0 Å². The maximum absolute atomic E-state index is 11.9. The molecule has 0 unspecified atom stereocenters. The van der Waals surface area contributed by atoms with Gasteiger partial charge in [-0.2, -0.15) is 16.8 Å². The van der Waals surface area contributed by atoms with Gasteiger partial charge in [0.1, 0.15) is 0 Å². The Balaban J connectivity index is -0.00000242. The zero-order valence-electron chi connectivity index (χ0n) is 12.3. The first-order valence-corrected chi connectivity index (χ1v) is 9.91. The maximum atomic E-state index is 11.9. The molecule has 0 bridgehead atoms. The first kappa shape index (κ1) is 30.9. The summed E-state index contributed by atoms with van der Waals surface area (Å²) < 4.78 is 91.6. The van der Waals surface area contributed by atoms with Crippen molar-refractivity contribution in [2.24, 2.45) is 0 Å². The van der Waals surface area contributed by atoms with E-state index in [-0.39, 0.29) is 90.6 Å². The van der Waals surface area contributed by atoms with Crippen LogP contribution in [-0.2, 0) is 32.8 Å². The monoisotopic (exact) mass is 406 g/mol. The van der Waals surface area contributed by atoms with E-state index in [1.165, 1.54) is 0 Å². The molecule has 7 nitrogen and oxygen atoms in total. The molecular weight excluding hydrogens is 384 g/mol. The van der Waals surface area contributed by atoms with Crippen LogP contribution < -0.4 is 0 Å². The van der Waals surface area contributed by atoms with Gasteiger partial charge in [0.15, 0.2) is 12.7 Å². The van der Waals surface area contributed by atoms with Crippen LogP contribution >= 0.6 is 15.5 Å². The number of hydrogen-bond donors (Lipinski definition) is 0.